The molecule has 0 fully saturated rings. The van der Waals surface area contributed by atoms with Gasteiger partial charge in [-0.1, -0.05) is 6.07 Å². The number of hydrogen-bond donors (Lipinski definition) is 2. The molecule has 0 bridgehead atoms. The molecule has 0 heterocycles. The number of alkyl halides is 3. The summed E-state index contributed by atoms with van der Waals surface area (Å²) in [5.74, 6) is -3.91. The number of anilines is 1. The van der Waals surface area contributed by atoms with E-state index in [1.807, 2.05) is 0 Å². The summed E-state index contributed by atoms with van der Waals surface area (Å²) in [6, 6.07) is 3.04. The summed E-state index contributed by atoms with van der Waals surface area (Å²) in [5.41, 5.74) is 4.12. The van der Waals surface area contributed by atoms with Gasteiger partial charge < -0.3 is 15.7 Å². The van der Waals surface area contributed by atoms with E-state index < -0.39 is 48.2 Å². The first-order chi connectivity index (χ1) is 9.11. The second-order valence-corrected chi connectivity index (χ2v) is 3.87. The Morgan fingerprint density at radius 3 is 2.40 bits per heavy atom. The molecule has 0 aliphatic rings. The Hall–Kier alpha value is -2.32. The first-order valence-electron chi connectivity index (χ1n) is 5.23. The van der Waals surface area contributed by atoms with Gasteiger partial charge in [-0.3, -0.25) is 9.59 Å². The summed E-state index contributed by atoms with van der Waals surface area (Å²) in [5, 5.41) is 8.53. The summed E-state index contributed by atoms with van der Waals surface area (Å²) in [7, 11) is 0. The van der Waals surface area contributed by atoms with Crippen LogP contribution in [0.3, 0.4) is 0 Å². The van der Waals surface area contributed by atoms with Crippen molar-refractivity contribution in [3.05, 3.63) is 29.6 Å². The number of carbonyl (C=O) groups is 2. The molecule has 0 saturated carbocycles. The van der Waals surface area contributed by atoms with Crippen molar-refractivity contribution >= 4 is 17.6 Å². The van der Waals surface area contributed by atoms with Gasteiger partial charge in [-0.15, -0.1) is 0 Å². The molecule has 1 aromatic carbocycles. The number of halogens is 4. The average Bonchev–Trinajstić information content (AvgIpc) is 2.28. The predicted octanol–water partition coefficient (Wildman–Crippen LogP) is 1.50. The van der Waals surface area contributed by atoms with Crippen LogP contribution in [-0.4, -0.2) is 41.1 Å². The van der Waals surface area contributed by atoms with Crippen LogP contribution in [0.4, 0.5) is 23.2 Å². The monoisotopic (exact) mass is 294 g/mol. The summed E-state index contributed by atoms with van der Waals surface area (Å²) in [6.45, 7) is -2.94. The Bertz CT molecular complexity index is 531. The van der Waals surface area contributed by atoms with Crippen LogP contribution < -0.4 is 5.73 Å². The van der Waals surface area contributed by atoms with Gasteiger partial charge in [0.15, 0.2) is 0 Å². The molecule has 0 saturated heterocycles. The number of carboxylic acid groups (broad SMARTS) is 1. The summed E-state index contributed by atoms with van der Waals surface area (Å²) in [6.07, 6.45) is -4.78. The number of benzene rings is 1. The molecule has 0 atom stereocenters. The number of hydrogen-bond acceptors (Lipinski definition) is 3. The average molecular weight is 294 g/mol. The smallest absolute Gasteiger partial charge is 0.406 e. The molecular weight excluding hydrogens is 284 g/mol. The molecule has 1 amide bonds. The SMILES string of the molecule is Nc1c(F)cccc1C(=O)N(CC(=O)O)CC(F)(F)F. The fourth-order valence-electron chi connectivity index (χ4n) is 1.47. The van der Waals surface area contributed by atoms with Crippen molar-refractivity contribution in [2.24, 2.45) is 0 Å². The molecule has 9 heteroatoms. The van der Waals surface area contributed by atoms with Gasteiger partial charge in [0, 0.05) is 0 Å². The zero-order valence-corrected chi connectivity index (χ0v) is 9.95. The lowest BCUT2D eigenvalue weighted by Crippen LogP contribution is -2.42. The first kappa shape index (κ1) is 15.7. The van der Waals surface area contributed by atoms with Gasteiger partial charge in [0.05, 0.1) is 11.3 Å². The van der Waals surface area contributed by atoms with E-state index in [2.05, 4.69) is 0 Å². The van der Waals surface area contributed by atoms with Crippen molar-refractivity contribution in [3.8, 4) is 0 Å². The lowest BCUT2D eigenvalue weighted by Gasteiger charge is -2.22. The number of amides is 1. The second kappa shape index (κ2) is 5.76. The van der Waals surface area contributed by atoms with Crippen LogP contribution in [0.15, 0.2) is 18.2 Å². The Balaban J connectivity index is 3.10. The number of nitrogens with zero attached hydrogens (tertiary/aromatic N) is 1. The zero-order valence-electron chi connectivity index (χ0n) is 9.95. The molecule has 110 valence electrons. The van der Waals surface area contributed by atoms with Crippen LogP contribution in [0, 0.1) is 5.82 Å². The van der Waals surface area contributed by atoms with Gasteiger partial charge in [0.1, 0.15) is 18.9 Å². The van der Waals surface area contributed by atoms with Gasteiger partial charge in [-0.05, 0) is 12.1 Å². The fraction of sp³-hybridized carbons (Fsp3) is 0.273. The largest absolute Gasteiger partial charge is 0.480 e. The quantitative estimate of drug-likeness (QED) is 0.651. The molecule has 0 radical (unpaired) electrons. The molecule has 0 aromatic heterocycles. The molecule has 0 unspecified atom stereocenters. The third kappa shape index (κ3) is 4.11. The van der Waals surface area contributed by atoms with Crippen molar-refractivity contribution in [2.45, 2.75) is 6.18 Å². The molecule has 1 aromatic rings. The third-order valence-corrected chi connectivity index (χ3v) is 2.27. The molecule has 0 aliphatic carbocycles. The number of carbonyl (C=O) groups excluding carboxylic acids is 1. The maximum Gasteiger partial charge on any atom is 0.406 e. The molecule has 0 aliphatic heterocycles. The fourth-order valence-corrected chi connectivity index (χ4v) is 1.47. The minimum atomic E-state index is -4.78. The number of carboxylic acids is 1. The maximum absolute atomic E-state index is 13.2. The normalized spacial score (nSPS) is 11.2. The van der Waals surface area contributed by atoms with Crippen molar-refractivity contribution in [2.75, 3.05) is 18.8 Å². The third-order valence-electron chi connectivity index (χ3n) is 2.27. The molecule has 1 rings (SSSR count). The number of para-hydroxylation sites is 1. The van der Waals surface area contributed by atoms with Crippen LogP contribution in [0.25, 0.3) is 0 Å². The Morgan fingerprint density at radius 1 is 1.30 bits per heavy atom. The van der Waals surface area contributed by atoms with Crippen LogP contribution in [0.5, 0.6) is 0 Å². The van der Waals surface area contributed by atoms with Crippen molar-refractivity contribution in [1.29, 1.82) is 0 Å². The second-order valence-electron chi connectivity index (χ2n) is 3.87. The Labute approximate surface area is 110 Å². The summed E-state index contributed by atoms with van der Waals surface area (Å²) < 4.78 is 50.1. The highest BCUT2D eigenvalue weighted by molar-refractivity contribution is 6.00. The minimum Gasteiger partial charge on any atom is -0.480 e. The standard InChI is InChI=1S/C11H10F4N2O3/c12-7-3-1-2-6(9(7)16)10(20)17(4-8(18)19)5-11(13,14)15/h1-3H,4-5,16H2,(H,18,19). The van der Waals surface area contributed by atoms with E-state index in [0.29, 0.717) is 0 Å². The Morgan fingerprint density at radius 2 is 1.90 bits per heavy atom. The first-order valence-corrected chi connectivity index (χ1v) is 5.23. The van der Waals surface area contributed by atoms with Gasteiger partial charge in [-0.25, -0.2) is 4.39 Å². The van der Waals surface area contributed by atoms with Crippen LogP contribution >= 0.6 is 0 Å². The van der Waals surface area contributed by atoms with E-state index in [4.69, 9.17) is 10.8 Å². The topological polar surface area (TPSA) is 83.6 Å². The van der Waals surface area contributed by atoms with Crippen LogP contribution in [0.2, 0.25) is 0 Å². The van der Waals surface area contributed by atoms with E-state index in [-0.39, 0.29) is 4.90 Å². The van der Waals surface area contributed by atoms with E-state index in [1.165, 1.54) is 0 Å². The van der Waals surface area contributed by atoms with Gasteiger partial charge in [0.25, 0.3) is 5.91 Å². The molecule has 20 heavy (non-hydrogen) atoms. The van der Waals surface area contributed by atoms with Gasteiger partial charge >= 0.3 is 12.1 Å². The highest BCUT2D eigenvalue weighted by Crippen LogP contribution is 2.21. The van der Waals surface area contributed by atoms with Crippen molar-refractivity contribution < 1.29 is 32.3 Å². The number of nitrogens with two attached hydrogens (primary N) is 1. The molecular formula is C11H10F4N2O3. The number of aliphatic carboxylic acids is 1. The van der Waals surface area contributed by atoms with E-state index in [9.17, 15) is 27.2 Å². The van der Waals surface area contributed by atoms with E-state index in [1.54, 1.807) is 0 Å². The number of nitrogen functional groups attached to an aromatic ring is 1. The molecule has 5 nitrogen and oxygen atoms in total. The van der Waals surface area contributed by atoms with E-state index >= 15 is 0 Å². The summed E-state index contributed by atoms with van der Waals surface area (Å²) in [4.78, 5) is 22.4. The predicted molar refractivity (Wildman–Crippen MR) is 60.4 cm³/mol. The van der Waals surface area contributed by atoms with Gasteiger partial charge in [-0.2, -0.15) is 13.2 Å². The lowest BCUT2D eigenvalue weighted by atomic mass is 10.1. The zero-order chi connectivity index (χ0) is 15.5. The van der Waals surface area contributed by atoms with Gasteiger partial charge in [0.2, 0.25) is 0 Å². The van der Waals surface area contributed by atoms with E-state index in [0.717, 1.165) is 18.2 Å². The Kier molecular flexibility index (Phi) is 4.53. The molecule has 0 spiro atoms. The lowest BCUT2D eigenvalue weighted by molar-refractivity contribution is -0.149. The summed E-state index contributed by atoms with van der Waals surface area (Å²) >= 11 is 0. The van der Waals surface area contributed by atoms with Crippen molar-refractivity contribution in [1.82, 2.24) is 4.90 Å². The van der Waals surface area contributed by atoms with Crippen LogP contribution in [0.1, 0.15) is 10.4 Å². The molecule has 3 N–H and O–H groups in total. The highest BCUT2D eigenvalue weighted by atomic mass is 19.4. The highest BCUT2D eigenvalue weighted by Gasteiger charge is 2.35. The number of rotatable bonds is 4. The minimum absolute atomic E-state index is 0.0352. The van der Waals surface area contributed by atoms with Crippen LogP contribution in [-0.2, 0) is 4.79 Å². The maximum atomic E-state index is 13.2. The van der Waals surface area contributed by atoms with Crippen molar-refractivity contribution in [3.63, 3.8) is 0 Å².